The lowest BCUT2D eigenvalue weighted by atomic mass is 10.3. The highest BCUT2D eigenvalue weighted by Crippen LogP contribution is 2.26. The van der Waals surface area contributed by atoms with Gasteiger partial charge in [0, 0.05) is 37.6 Å². The first-order chi connectivity index (χ1) is 11.5. The SMILES string of the molecule is CC(=O)NCC1CN(c2cnc(N3CCSCC3)c(F)c2)C(=O)O1. The number of thioether (sulfide) groups is 1. The summed E-state index contributed by atoms with van der Waals surface area (Å²) < 4.78 is 19.6. The number of nitrogens with one attached hydrogen (secondary N) is 1. The van der Waals surface area contributed by atoms with Crippen molar-refractivity contribution >= 4 is 35.3 Å². The molecule has 0 spiro atoms. The molecule has 0 radical (unpaired) electrons. The van der Waals surface area contributed by atoms with Crippen molar-refractivity contribution in [1.29, 1.82) is 0 Å². The van der Waals surface area contributed by atoms with Gasteiger partial charge in [0.1, 0.15) is 6.10 Å². The van der Waals surface area contributed by atoms with E-state index in [9.17, 15) is 14.0 Å². The maximum absolute atomic E-state index is 14.4. The fourth-order valence-corrected chi connectivity index (χ4v) is 3.58. The molecule has 3 rings (SSSR count). The molecule has 2 amide bonds. The molecule has 1 aromatic rings. The van der Waals surface area contributed by atoms with Gasteiger partial charge in [-0.15, -0.1) is 0 Å². The Kier molecular flexibility index (Phi) is 5.08. The van der Waals surface area contributed by atoms with Gasteiger partial charge in [-0.05, 0) is 0 Å². The van der Waals surface area contributed by atoms with Gasteiger partial charge in [-0.3, -0.25) is 9.69 Å². The summed E-state index contributed by atoms with van der Waals surface area (Å²) in [6.45, 7) is 3.40. The van der Waals surface area contributed by atoms with Crippen LogP contribution in [0.15, 0.2) is 12.3 Å². The van der Waals surface area contributed by atoms with Crippen molar-refractivity contribution in [1.82, 2.24) is 10.3 Å². The van der Waals surface area contributed by atoms with E-state index in [2.05, 4.69) is 10.3 Å². The van der Waals surface area contributed by atoms with Gasteiger partial charge in [-0.25, -0.2) is 14.2 Å². The molecule has 1 N–H and O–H groups in total. The van der Waals surface area contributed by atoms with Crippen LogP contribution in [0.25, 0.3) is 0 Å². The van der Waals surface area contributed by atoms with Gasteiger partial charge >= 0.3 is 6.09 Å². The van der Waals surface area contributed by atoms with Gasteiger partial charge in [0.15, 0.2) is 11.6 Å². The molecule has 1 unspecified atom stereocenters. The Labute approximate surface area is 143 Å². The third-order valence-corrected chi connectivity index (χ3v) is 4.82. The summed E-state index contributed by atoms with van der Waals surface area (Å²) in [5, 5.41) is 2.60. The van der Waals surface area contributed by atoms with Crippen LogP contribution < -0.4 is 15.1 Å². The van der Waals surface area contributed by atoms with Crippen molar-refractivity contribution in [2.45, 2.75) is 13.0 Å². The van der Waals surface area contributed by atoms with Crippen molar-refractivity contribution in [2.75, 3.05) is 47.5 Å². The zero-order chi connectivity index (χ0) is 17.1. The number of nitrogens with zero attached hydrogens (tertiary/aromatic N) is 3. The number of carbonyl (C=O) groups excluding carboxylic acids is 2. The van der Waals surface area contributed by atoms with Crippen LogP contribution >= 0.6 is 11.8 Å². The third kappa shape index (κ3) is 3.72. The number of cyclic esters (lactones) is 1. The fraction of sp³-hybridized carbons (Fsp3) is 0.533. The molecule has 2 saturated heterocycles. The quantitative estimate of drug-likeness (QED) is 0.877. The number of amides is 2. The van der Waals surface area contributed by atoms with Gasteiger partial charge in [-0.2, -0.15) is 11.8 Å². The Morgan fingerprint density at radius 1 is 1.50 bits per heavy atom. The Balaban J connectivity index is 1.69. The van der Waals surface area contributed by atoms with Crippen molar-refractivity contribution in [2.24, 2.45) is 0 Å². The largest absolute Gasteiger partial charge is 0.442 e. The summed E-state index contributed by atoms with van der Waals surface area (Å²) in [7, 11) is 0. The van der Waals surface area contributed by atoms with Gasteiger partial charge < -0.3 is 15.0 Å². The topological polar surface area (TPSA) is 74.8 Å². The standard InChI is InChI=1S/C15H19FN4O3S/c1-10(21)17-8-12-9-20(15(22)23-12)11-6-13(16)14(18-7-11)19-2-4-24-5-3-19/h6-7,12H,2-5,8-9H2,1H3,(H,17,21). The van der Waals surface area contributed by atoms with E-state index < -0.39 is 18.0 Å². The van der Waals surface area contributed by atoms with E-state index in [4.69, 9.17) is 4.74 Å². The highest BCUT2D eigenvalue weighted by Gasteiger charge is 2.33. The highest BCUT2D eigenvalue weighted by molar-refractivity contribution is 7.99. The minimum Gasteiger partial charge on any atom is -0.442 e. The van der Waals surface area contributed by atoms with Gasteiger partial charge in [0.25, 0.3) is 0 Å². The molecule has 2 aliphatic rings. The molecule has 3 heterocycles. The normalized spacial score (nSPS) is 20.9. The fourth-order valence-electron chi connectivity index (χ4n) is 2.67. The van der Waals surface area contributed by atoms with Gasteiger partial charge in [0.2, 0.25) is 5.91 Å². The average molecular weight is 354 g/mol. The molecule has 2 fully saturated rings. The van der Waals surface area contributed by atoms with Crippen LogP contribution in [0.3, 0.4) is 0 Å². The summed E-state index contributed by atoms with van der Waals surface area (Å²) in [6.07, 6.45) is 0.472. The maximum atomic E-state index is 14.4. The van der Waals surface area contributed by atoms with E-state index in [1.54, 1.807) is 0 Å². The summed E-state index contributed by atoms with van der Waals surface area (Å²) in [5.74, 6) is 1.58. The number of halogens is 1. The second-order valence-electron chi connectivity index (χ2n) is 5.65. The first-order valence-electron chi connectivity index (χ1n) is 7.75. The zero-order valence-electron chi connectivity index (χ0n) is 13.3. The Morgan fingerprint density at radius 3 is 2.92 bits per heavy atom. The molecule has 9 heteroatoms. The van der Waals surface area contributed by atoms with E-state index >= 15 is 0 Å². The molecule has 130 valence electrons. The van der Waals surface area contributed by atoms with E-state index in [0.717, 1.165) is 24.6 Å². The minimum absolute atomic E-state index is 0.193. The smallest absolute Gasteiger partial charge is 0.414 e. The lowest BCUT2D eigenvalue weighted by molar-refractivity contribution is -0.119. The number of anilines is 2. The van der Waals surface area contributed by atoms with Gasteiger partial charge in [0.05, 0.1) is 25.0 Å². The molecule has 7 nitrogen and oxygen atoms in total. The van der Waals surface area contributed by atoms with Crippen LogP contribution in [0.4, 0.5) is 20.7 Å². The predicted molar refractivity (Wildman–Crippen MR) is 90.0 cm³/mol. The van der Waals surface area contributed by atoms with Gasteiger partial charge in [-0.1, -0.05) is 0 Å². The Bertz CT molecular complexity index is 639. The number of carbonyl (C=O) groups is 2. The third-order valence-electron chi connectivity index (χ3n) is 3.88. The number of ether oxygens (including phenoxy) is 1. The van der Waals surface area contributed by atoms with Crippen molar-refractivity contribution in [3.63, 3.8) is 0 Å². The molecule has 0 aromatic carbocycles. The number of aromatic nitrogens is 1. The molecule has 1 atom stereocenters. The van der Waals surface area contributed by atoms with Crippen LogP contribution in [0.1, 0.15) is 6.92 Å². The number of hydrogen-bond donors (Lipinski definition) is 1. The Hall–Kier alpha value is -2.03. The molecular weight excluding hydrogens is 335 g/mol. The number of rotatable bonds is 4. The van der Waals surface area contributed by atoms with Crippen LogP contribution in [0.5, 0.6) is 0 Å². The molecule has 2 aliphatic heterocycles. The lowest BCUT2D eigenvalue weighted by Gasteiger charge is -2.28. The van der Waals surface area contributed by atoms with Crippen molar-refractivity contribution in [3.8, 4) is 0 Å². The Morgan fingerprint density at radius 2 is 2.25 bits per heavy atom. The first-order valence-corrected chi connectivity index (χ1v) is 8.91. The van der Waals surface area contributed by atoms with E-state index in [1.165, 1.54) is 24.1 Å². The molecule has 0 bridgehead atoms. The lowest BCUT2D eigenvalue weighted by Crippen LogP contribution is -2.34. The molecule has 1 aromatic heterocycles. The first kappa shape index (κ1) is 16.8. The van der Waals surface area contributed by atoms with Crippen LogP contribution in [-0.2, 0) is 9.53 Å². The zero-order valence-corrected chi connectivity index (χ0v) is 14.1. The van der Waals surface area contributed by atoms with E-state index in [1.807, 2.05) is 16.7 Å². The van der Waals surface area contributed by atoms with Crippen LogP contribution in [0.2, 0.25) is 0 Å². The highest BCUT2D eigenvalue weighted by atomic mass is 32.2. The number of pyridine rings is 1. The average Bonchev–Trinajstić information content (AvgIpc) is 2.94. The van der Waals surface area contributed by atoms with Crippen LogP contribution in [0, 0.1) is 5.82 Å². The summed E-state index contributed by atoms with van der Waals surface area (Å²) in [4.78, 5) is 30.3. The minimum atomic E-state index is -0.561. The second kappa shape index (κ2) is 7.25. The summed E-state index contributed by atoms with van der Waals surface area (Å²) >= 11 is 1.84. The monoisotopic (exact) mass is 354 g/mol. The summed E-state index contributed by atoms with van der Waals surface area (Å²) in [6, 6.07) is 1.31. The van der Waals surface area contributed by atoms with E-state index in [-0.39, 0.29) is 19.0 Å². The molecule has 0 aliphatic carbocycles. The molecule has 24 heavy (non-hydrogen) atoms. The van der Waals surface area contributed by atoms with E-state index in [0.29, 0.717) is 11.5 Å². The van der Waals surface area contributed by atoms with Crippen molar-refractivity contribution in [3.05, 3.63) is 18.1 Å². The molecular formula is C15H19FN4O3S. The number of hydrogen-bond acceptors (Lipinski definition) is 6. The van der Waals surface area contributed by atoms with Crippen molar-refractivity contribution < 1.29 is 18.7 Å². The summed E-state index contributed by atoms with van der Waals surface area (Å²) in [5.41, 5.74) is 0.359. The van der Waals surface area contributed by atoms with Crippen LogP contribution in [-0.4, -0.2) is 60.8 Å². The molecule has 0 saturated carbocycles. The second-order valence-corrected chi connectivity index (χ2v) is 6.88. The maximum Gasteiger partial charge on any atom is 0.414 e. The predicted octanol–water partition coefficient (Wildman–Crippen LogP) is 1.24.